The molecule has 6 nitrogen and oxygen atoms in total. The minimum atomic E-state index is -0.446. The van der Waals surface area contributed by atoms with E-state index in [1.165, 1.54) is 12.1 Å². The number of benzene rings is 3. The Bertz CT molecular complexity index is 1350. The molecule has 1 unspecified atom stereocenters. The number of nitriles is 1. The summed E-state index contributed by atoms with van der Waals surface area (Å²) in [5.41, 5.74) is 10.6. The lowest BCUT2D eigenvalue weighted by molar-refractivity contribution is 0.306. The molecular formula is C26H19FN4O2. The summed E-state index contributed by atoms with van der Waals surface area (Å²) in [6.45, 7) is 0.317. The number of fused-ring (bicyclic) bond motifs is 1. The van der Waals surface area contributed by atoms with Crippen LogP contribution in [0.1, 0.15) is 22.6 Å². The number of aromatic amines is 1. The van der Waals surface area contributed by atoms with Crippen LogP contribution in [-0.4, -0.2) is 10.2 Å². The summed E-state index contributed by atoms with van der Waals surface area (Å²) in [6.07, 6.45) is 0. The van der Waals surface area contributed by atoms with E-state index < -0.39 is 5.92 Å². The van der Waals surface area contributed by atoms with Crippen molar-refractivity contribution in [3.8, 4) is 29.0 Å². The fraction of sp³-hybridized carbons (Fsp3) is 0.0769. The third kappa shape index (κ3) is 3.90. The maximum atomic E-state index is 13.1. The van der Waals surface area contributed by atoms with Crippen LogP contribution in [0.15, 0.2) is 90.3 Å². The number of nitrogens with two attached hydrogens (primary N) is 1. The van der Waals surface area contributed by atoms with Gasteiger partial charge in [0.05, 0.1) is 17.2 Å². The lowest BCUT2D eigenvalue weighted by Gasteiger charge is -2.24. The van der Waals surface area contributed by atoms with Gasteiger partial charge in [0.1, 0.15) is 29.8 Å². The molecule has 5 rings (SSSR count). The van der Waals surface area contributed by atoms with Crippen LogP contribution in [0.4, 0.5) is 4.39 Å². The van der Waals surface area contributed by atoms with Crippen LogP contribution >= 0.6 is 0 Å². The van der Waals surface area contributed by atoms with Crippen molar-refractivity contribution in [1.82, 2.24) is 10.2 Å². The summed E-state index contributed by atoms with van der Waals surface area (Å²) in [7, 11) is 0. The lowest BCUT2D eigenvalue weighted by atomic mass is 9.83. The van der Waals surface area contributed by atoms with Crippen molar-refractivity contribution in [3.05, 3.63) is 113 Å². The van der Waals surface area contributed by atoms with Crippen molar-refractivity contribution >= 4 is 0 Å². The highest BCUT2D eigenvalue weighted by atomic mass is 19.1. The highest BCUT2D eigenvalue weighted by Crippen LogP contribution is 2.45. The number of allylic oxidation sites excluding steroid dienone is 1. The summed E-state index contributed by atoms with van der Waals surface area (Å²) in [5.74, 6) is 0.318. The molecule has 3 N–H and O–H groups in total. The standard InChI is InChI=1S/C26H19FN4O2/c27-19-10-6-16(7-11-19)15-32-20-12-8-17(9-13-20)22-21(14-28)25(29)33-26-23(22)24(30-31-26)18-4-2-1-3-5-18/h1-13,22H,15,29H2,(H,30,31). The van der Waals surface area contributed by atoms with Crippen LogP contribution in [-0.2, 0) is 6.61 Å². The molecule has 0 saturated heterocycles. The van der Waals surface area contributed by atoms with Crippen molar-refractivity contribution in [2.24, 2.45) is 5.73 Å². The first-order chi connectivity index (χ1) is 16.1. The normalized spacial score (nSPS) is 14.8. The predicted molar refractivity (Wildman–Crippen MR) is 120 cm³/mol. The number of hydrogen-bond acceptors (Lipinski definition) is 5. The Kier molecular flexibility index (Phi) is 5.25. The van der Waals surface area contributed by atoms with Gasteiger partial charge < -0.3 is 15.2 Å². The van der Waals surface area contributed by atoms with Crippen LogP contribution in [0.5, 0.6) is 11.6 Å². The van der Waals surface area contributed by atoms with Gasteiger partial charge in [-0.2, -0.15) is 5.26 Å². The molecule has 0 bridgehead atoms. The molecule has 0 saturated carbocycles. The van der Waals surface area contributed by atoms with E-state index in [9.17, 15) is 9.65 Å². The van der Waals surface area contributed by atoms with Crippen molar-refractivity contribution in [2.75, 3.05) is 0 Å². The average molecular weight is 438 g/mol. The summed E-state index contributed by atoms with van der Waals surface area (Å²) in [5, 5.41) is 17.2. The Morgan fingerprint density at radius 1 is 1.03 bits per heavy atom. The number of H-pyrrole nitrogens is 1. The van der Waals surface area contributed by atoms with E-state index in [4.69, 9.17) is 15.2 Å². The number of rotatable bonds is 5. The first-order valence-electron chi connectivity index (χ1n) is 10.3. The zero-order valence-electron chi connectivity index (χ0n) is 17.5. The molecule has 1 aliphatic heterocycles. The van der Waals surface area contributed by atoms with Gasteiger partial charge in [-0.15, -0.1) is 5.10 Å². The van der Waals surface area contributed by atoms with E-state index in [1.807, 2.05) is 54.6 Å². The number of nitrogens with zero attached hydrogens (tertiary/aromatic N) is 2. The third-order valence-corrected chi connectivity index (χ3v) is 5.53. The Balaban J connectivity index is 1.47. The minimum Gasteiger partial charge on any atom is -0.489 e. The fourth-order valence-corrected chi connectivity index (χ4v) is 3.91. The van der Waals surface area contributed by atoms with E-state index in [1.54, 1.807) is 12.1 Å². The zero-order chi connectivity index (χ0) is 22.8. The van der Waals surface area contributed by atoms with Gasteiger partial charge in [0.25, 0.3) is 0 Å². The second-order valence-electron chi connectivity index (χ2n) is 7.59. The van der Waals surface area contributed by atoms with Gasteiger partial charge >= 0.3 is 0 Å². The maximum absolute atomic E-state index is 13.1. The van der Waals surface area contributed by atoms with Crippen LogP contribution in [0.3, 0.4) is 0 Å². The Labute approximate surface area is 189 Å². The topological polar surface area (TPSA) is 97.0 Å². The lowest BCUT2D eigenvalue weighted by Crippen LogP contribution is -2.21. The van der Waals surface area contributed by atoms with Crippen LogP contribution in [0.25, 0.3) is 11.3 Å². The van der Waals surface area contributed by atoms with E-state index in [0.29, 0.717) is 23.8 Å². The van der Waals surface area contributed by atoms with Crippen molar-refractivity contribution < 1.29 is 13.9 Å². The van der Waals surface area contributed by atoms with Gasteiger partial charge in [-0.25, -0.2) is 4.39 Å². The van der Waals surface area contributed by atoms with E-state index in [2.05, 4.69) is 16.3 Å². The van der Waals surface area contributed by atoms with Gasteiger partial charge in [0, 0.05) is 0 Å². The molecule has 33 heavy (non-hydrogen) atoms. The van der Waals surface area contributed by atoms with Crippen LogP contribution in [0.2, 0.25) is 0 Å². The third-order valence-electron chi connectivity index (χ3n) is 5.53. The van der Waals surface area contributed by atoms with Gasteiger partial charge in [-0.3, -0.25) is 5.10 Å². The monoisotopic (exact) mass is 438 g/mol. The molecule has 0 radical (unpaired) electrons. The molecule has 1 atom stereocenters. The Morgan fingerprint density at radius 2 is 1.76 bits per heavy atom. The molecule has 162 valence electrons. The van der Waals surface area contributed by atoms with Gasteiger partial charge in [-0.05, 0) is 41.0 Å². The fourth-order valence-electron chi connectivity index (χ4n) is 3.91. The molecule has 7 heteroatoms. The van der Waals surface area contributed by atoms with Crippen molar-refractivity contribution in [1.29, 1.82) is 5.26 Å². The number of halogens is 1. The van der Waals surface area contributed by atoms with Gasteiger partial charge in [-0.1, -0.05) is 54.6 Å². The van der Waals surface area contributed by atoms with Crippen molar-refractivity contribution in [2.45, 2.75) is 12.5 Å². The Hall–Kier alpha value is -4.57. The highest BCUT2D eigenvalue weighted by Gasteiger charge is 2.35. The van der Waals surface area contributed by atoms with Crippen molar-refractivity contribution in [3.63, 3.8) is 0 Å². The SMILES string of the molecule is N#CC1=C(N)Oc2n[nH]c(-c3ccccc3)c2C1c1ccc(OCc2ccc(F)cc2)cc1. The van der Waals surface area contributed by atoms with E-state index in [0.717, 1.165) is 27.9 Å². The summed E-state index contributed by atoms with van der Waals surface area (Å²) >= 11 is 0. The Morgan fingerprint density at radius 3 is 2.45 bits per heavy atom. The predicted octanol–water partition coefficient (Wildman–Crippen LogP) is 5.01. The molecule has 1 aliphatic rings. The molecule has 0 spiro atoms. The maximum Gasteiger partial charge on any atom is 0.244 e. The zero-order valence-corrected chi connectivity index (χ0v) is 17.5. The second-order valence-corrected chi connectivity index (χ2v) is 7.59. The largest absolute Gasteiger partial charge is 0.489 e. The average Bonchev–Trinajstić information content (AvgIpc) is 3.27. The molecule has 0 fully saturated rings. The number of hydrogen-bond donors (Lipinski definition) is 2. The van der Waals surface area contributed by atoms with Gasteiger partial charge in [0.15, 0.2) is 0 Å². The van der Waals surface area contributed by atoms with Crippen LogP contribution < -0.4 is 15.2 Å². The molecular weight excluding hydrogens is 419 g/mol. The van der Waals surface area contributed by atoms with E-state index >= 15 is 0 Å². The molecule has 2 heterocycles. The molecule has 0 amide bonds. The molecule has 3 aromatic carbocycles. The number of ether oxygens (including phenoxy) is 2. The molecule has 4 aromatic rings. The highest BCUT2D eigenvalue weighted by molar-refractivity contribution is 5.70. The summed E-state index contributed by atoms with van der Waals surface area (Å²) in [6, 6.07) is 25.6. The minimum absolute atomic E-state index is 0.0396. The molecule has 0 aliphatic carbocycles. The van der Waals surface area contributed by atoms with E-state index in [-0.39, 0.29) is 11.7 Å². The van der Waals surface area contributed by atoms with Crippen LogP contribution in [0, 0.1) is 17.1 Å². The second kappa shape index (κ2) is 8.52. The summed E-state index contributed by atoms with van der Waals surface area (Å²) in [4.78, 5) is 0. The first-order valence-corrected chi connectivity index (χ1v) is 10.3. The van der Waals surface area contributed by atoms with Gasteiger partial charge in [0.2, 0.25) is 11.8 Å². The number of aromatic nitrogens is 2. The quantitative estimate of drug-likeness (QED) is 0.456. The first kappa shape index (κ1) is 20.3. The summed E-state index contributed by atoms with van der Waals surface area (Å²) < 4.78 is 24.6. The number of nitrogens with one attached hydrogen (secondary N) is 1. The molecule has 1 aromatic heterocycles. The smallest absolute Gasteiger partial charge is 0.244 e.